The maximum atomic E-state index is 13.9. The fraction of sp³-hybridized carbons (Fsp3) is 0.333. The molecule has 34 heavy (non-hydrogen) atoms. The number of nitrogens with zero attached hydrogens (tertiary/aromatic N) is 2. The van der Waals surface area contributed by atoms with Crippen molar-refractivity contribution >= 4 is 32.8 Å². The number of hydrogen-bond acceptors (Lipinski definition) is 7. The van der Waals surface area contributed by atoms with Crippen LogP contribution in [0.1, 0.15) is 27.7 Å². The van der Waals surface area contributed by atoms with Crippen LogP contribution in [0.5, 0.6) is 11.5 Å². The molecule has 1 unspecified atom stereocenters. The van der Waals surface area contributed by atoms with Crippen molar-refractivity contribution in [2.45, 2.75) is 6.04 Å². The Morgan fingerprint density at radius 2 is 1.94 bits per heavy atom. The number of methoxy groups -OCH3 is 1. The summed E-state index contributed by atoms with van der Waals surface area (Å²) in [6.07, 6.45) is 0. The average molecular weight is 533 g/mol. The van der Waals surface area contributed by atoms with E-state index < -0.39 is 23.2 Å². The van der Waals surface area contributed by atoms with Crippen molar-refractivity contribution in [3.63, 3.8) is 0 Å². The van der Waals surface area contributed by atoms with Gasteiger partial charge in [-0.15, -0.1) is 0 Å². The van der Waals surface area contributed by atoms with Gasteiger partial charge in [-0.2, -0.15) is 0 Å². The Labute approximate surface area is 202 Å². The van der Waals surface area contributed by atoms with E-state index in [2.05, 4.69) is 20.8 Å². The zero-order valence-corrected chi connectivity index (χ0v) is 19.9. The zero-order valence-electron chi connectivity index (χ0n) is 18.3. The van der Waals surface area contributed by atoms with Crippen molar-refractivity contribution in [1.29, 1.82) is 0 Å². The van der Waals surface area contributed by atoms with Gasteiger partial charge in [0.1, 0.15) is 11.4 Å². The lowest BCUT2D eigenvalue weighted by Crippen LogP contribution is -2.42. The van der Waals surface area contributed by atoms with Crippen molar-refractivity contribution in [1.82, 2.24) is 9.80 Å². The molecule has 10 heteroatoms. The van der Waals surface area contributed by atoms with Gasteiger partial charge in [-0.25, -0.2) is 4.39 Å². The second kappa shape index (κ2) is 9.01. The first kappa shape index (κ1) is 22.8. The number of morpholine rings is 1. The van der Waals surface area contributed by atoms with E-state index in [-0.39, 0.29) is 33.8 Å². The summed E-state index contributed by atoms with van der Waals surface area (Å²) in [4.78, 5) is 30.8. The van der Waals surface area contributed by atoms with Crippen LogP contribution >= 0.6 is 15.9 Å². The molecule has 0 saturated carbocycles. The maximum Gasteiger partial charge on any atom is 0.290 e. The number of amides is 1. The molecule has 1 aromatic heterocycles. The highest BCUT2D eigenvalue weighted by Gasteiger charge is 2.43. The highest BCUT2D eigenvalue weighted by atomic mass is 79.9. The van der Waals surface area contributed by atoms with Crippen molar-refractivity contribution in [2.24, 2.45) is 0 Å². The Morgan fingerprint density at radius 3 is 2.68 bits per heavy atom. The van der Waals surface area contributed by atoms with E-state index in [0.29, 0.717) is 36.3 Å². The highest BCUT2D eigenvalue weighted by molar-refractivity contribution is 9.10. The van der Waals surface area contributed by atoms with Crippen LogP contribution in [0.4, 0.5) is 4.39 Å². The molecule has 8 nitrogen and oxygen atoms in total. The molecule has 1 amide bonds. The van der Waals surface area contributed by atoms with Gasteiger partial charge >= 0.3 is 0 Å². The predicted octanol–water partition coefficient (Wildman–Crippen LogP) is 3.29. The second-order valence-corrected chi connectivity index (χ2v) is 9.08. The van der Waals surface area contributed by atoms with Crippen molar-refractivity contribution in [3.05, 3.63) is 67.7 Å². The topological polar surface area (TPSA) is 92.5 Å². The molecular weight excluding hydrogens is 511 g/mol. The molecule has 1 N–H and O–H groups in total. The summed E-state index contributed by atoms with van der Waals surface area (Å²) in [7, 11) is 1.42. The Bertz CT molecular complexity index is 1340. The lowest BCUT2D eigenvalue weighted by atomic mass is 9.98. The highest BCUT2D eigenvalue weighted by Crippen LogP contribution is 2.43. The van der Waals surface area contributed by atoms with E-state index in [1.54, 1.807) is 17.0 Å². The van der Waals surface area contributed by atoms with Crippen LogP contribution < -0.4 is 10.2 Å². The molecule has 3 aromatic rings. The molecule has 178 valence electrons. The molecule has 3 heterocycles. The van der Waals surface area contributed by atoms with Crippen LogP contribution in [0, 0.1) is 5.82 Å². The Morgan fingerprint density at radius 1 is 1.18 bits per heavy atom. The van der Waals surface area contributed by atoms with E-state index in [1.165, 1.54) is 19.2 Å². The molecule has 0 spiro atoms. The average Bonchev–Trinajstić information content (AvgIpc) is 3.12. The van der Waals surface area contributed by atoms with Gasteiger partial charge in [0, 0.05) is 26.2 Å². The first-order valence-electron chi connectivity index (χ1n) is 10.8. The third-order valence-electron chi connectivity index (χ3n) is 6.27. The standard InChI is InChI=1S/C24H22BrFN2O6/c1-32-18-11-13(10-16(25)22(18)30)20-19-21(29)15-12-14(26)2-3-17(15)34-23(19)24(31)28(20)5-4-27-6-8-33-9-7-27/h2-3,10-12,20,30H,4-9H2,1H3. The number of phenols is 1. The summed E-state index contributed by atoms with van der Waals surface area (Å²) < 4.78 is 30.8. The van der Waals surface area contributed by atoms with Gasteiger partial charge < -0.3 is 23.9 Å². The lowest BCUT2D eigenvalue weighted by Gasteiger charge is -2.31. The van der Waals surface area contributed by atoms with E-state index in [0.717, 1.165) is 19.2 Å². The third kappa shape index (κ3) is 3.85. The minimum absolute atomic E-state index is 0.0563. The minimum atomic E-state index is -0.793. The molecule has 0 radical (unpaired) electrons. The van der Waals surface area contributed by atoms with Gasteiger partial charge in [0.05, 0.1) is 41.8 Å². The van der Waals surface area contributed by atoms with E-state index in [9.17, 15) is 19.1 Å². The van der Waals surface area contributed by atoms with E-state index >= 15 is 0 Å². The molecule has 0 bridgehead atoms. The van der Waals surface area contributed by atoms with Gasteiger partial charge in [-0.3, -0.25) is 14.5 Å². The molecule has 1 atom stereocenters. The minimum Gasteiger partial charge on any atom is -0.503 e. The van der Waals surface area contributed by atoms with Gasteiger partial charge in [0.25, 0.3) is 5.91 Å². The van der Waals surface area contributed by atoms with Gasteiger partial charge in [0.2, 0.25) is 5.76 Å². The van der Waals surface area contributed by atoms with Gasteiger partial charge in [0.15, 0.2) is 16.9 Å². The number of carbonyl (C=O) groups excluding carboxylic acids is 1. The number of rotatable bonds is 5. The largest absolute Gasteiger partial charge is 0.503 e. The van der Waals surface area contributed by atoms with Crippen LogP contribution in [0.25, 0.3) is 11.0 Å². The number of benzene rings is 2. The first-order chi connectivity index (χ1) is 16.4. The van der Waals surface area contributed by atoms with Crippen molar-refractivity contribution in [3.8, 4) is 11.5 Å². The smallest absolute Gasteiger partial charge is 0.290 e. The number of phenolic OH excluding ortho intramolecular Hbond substituents is 1. The molecular formula is C24H22BrFN2O6. The SMILES string of the molecule is COc1cc(C2c3c(oc4ccc(F)cc4c3=O)C(=O)N2CCN2CCOCC2)cc(Br)c1O. The van der Waals surface area contributed by atoms with Crippen LogP contribution in [-0.4, -0.2) is 67.3 Å². The number of halogens is 2. The number of fused-ring (bicyclic) bond motifs is 2. The van der Waals surface area contributed by atoms with Crippen LogP contribution in [0.3, 0.4) is 0 Å². The monoisotopic (exact) mass is 532 g/mol. The van der Waals surface area contributed by atoms with E-state index in [1.807, 2.05) is 0 Å². The van der Waals surface area contributed by atoms with Crippen LogP contribution in [0.15, 0.2) is 44.0 Å². The van der Waals surface area contributed by atoms with Gasteiger partial charge in [-0.05, 0) is 51.8 Å². The fourth-order valence-electron chi connectivity index (χ4n) is 4.55. The molecule has 2 aliphatic heterocycles. The maximum absolute atomic E-state index is 13.9. The molecule has 0 aliphatic carbocycles. The number of carbonyl (C=O) groups is 1. The number of aromatic hydroxyl groups is 1. The molecule has 1 fully saturated rings. The summed E-state index contributed by atoms with van der Waals surface area (Å²) in [5, 5.41) is 10.4. The van der Waals surface area contributed by atoms with Crippen LogP contribution in [-0.2, 0) is 4.74 Å². The zero-order chi connectivity index (χ0) is 24.0. The Hall–Kier alpha value is -2.95. The third-order valence-corrected chi connectivity index (χ3v) is 6.88. The Kier molecular flexibility index (Phi) is 6.05. The summed E-state index contributed by atoms with van der Waals surface area (Å²) in [5.41, 5.74) is 0.381. The quantitative estimate of drug-likeness (QED) is 0.538. The number of hydrogen-bond donors (Lipinski definition) is 1. The van der Waals surface area contributed by atoms with Crippen LogP contribution in [0.2, 0.25) is 0 Å². The molecule has 1 saturated heterocycles. The van der Waals surface area contributed by atoms with E-state index in [4.69, 9.17) is 13.9 Å². The molecule has 2 aliphatic rings. The van der Waals surface area contributed by atoms with Crippen molar-refractivity contribution < 1.29 is 28.2 Å². The fourth-order valence-corrected chi connectivity index (χ4v) is 5.01. The summed E-state index contributed by atoms with van der Waals surface area (Å²) in [6, 6.07) is 6.09. The molecule has 5 rings (SSSR count). The summed E-state index contributed by atoms with van der Waals surface area (Å²) >= 11 is 3.32. The number of ether oxygens (including phenoxy) is 2. The normalized spacial score (nSPS) is 18.5. The van der Waals surface area contributed by atoms with Gasteiger partial charge in [-0.1, -0.05) is 0 Å². The Balaban J connectivity index is 1.65. The predicted molar refractivity (Wildman–Crippen MR) is 125 cm³/mol. The second-order valence-electron chi connectivity index (χ2n) is 8.22. The van der Waals surface area contributed by atoms with Crippen molar-refractivity contribution in [2.75, 3.05) is 46.5 Å². The lowest BCUT2D eigenvalue weighted by molar-refractivity contribution is 0.0314. The first-order valence-corrected chi connectivity index (χ1v) is 11.6. The summed E-state index contributed by atoms with van der Waals surface area (Å²) in [5.74, 6) is -0.948. The summed E-state index contributed by atoms with van der Waals surface area (Å²) in [6.45, 7) is 3.65. The molecule has 2 aromatic carbocycles.